The molecule has 2 rings (SSSR count). The van der Waals surface area contributed by atoms with Gasteiger partial charge in [-0.2, -0.15) is 0 Å². The Balaban J connectivity index is 1.81. The maximum Gasteiger partial charge on any atom is 0.105 e. The van der Waals surface area contributed by atoms with Crippen LogP contribution in [0.1, 0.15) is 39.0 Å². The van der Waals surface area contributed by atoms with Crippen LogP contribution >= 0.6 is 0 Å². The van der Waals surface area contributed by atoms with Crippen molar-refractivity contribution in [2.24, 2.45) is 0 Å². The van der Waals surface area contributed by atoms with Gasteiger partial charge in [0.2, 0.25) is 0 Å². The Hall–Kier alpha value is -0.160. The SMILES string of the molecule is CC1OCCC1(O)CNC1CCCCC1O. The monoisotopic (exact) mass is 229 g/mol. The fraction of sp³-hybridized carbons (Fsp3) is 1.00. The summed E-state index contributed by atoms with van der Waals surface area (Å²) in [5.74, 6) is 0. The van der Waals surface area contributed by atoms with E-state index in [1.165, 1.54) is 6.42 Å². The van der Waals surface area contributed by atoms with Crippen LogP contribution in [-0.2, 0) is 4.74 Å². The molecule has 0 aromatic heterocycles. The van der Waals surface area contributed by atoms with Crippen molar-refractivity contribution in [1.82, 2.24) is 5.32 Å². The van der Waals surface area contributed by atoms with E-state index in [0.717, 1.165) is 19.3 Å². The summed E-state index contributed by atoms with van der Waals surface area (Å²) in [5.41, 5.74) is -0.753. The molecule has 0 radical (unpaired) electrons. The topological polar surface area (TPSA) is 61.7 Å². The molecule has 4 atom stereocenters. The van der Waals surface area contributed by atoms with E-state index in [0.29, 0.717) is 19.6 Å². The van der Waals surface area contributed by atoms with E-state index in [9.17, 15) is 10.2 Å². The third-order valence-corrected chi connectivity index (χ3v) is 4.06. The van der Waals surface area contributed by atoms with Gasteiger partial charge in [-0.05, 0) is 19.8 Å². The zero-order valence-electron chi connectivity index (χ0n) is 9.98. The van der Waals surface area contributed by atoms with E-state index in [2.05, 4.69) is 5.32 Å². The van der Waals surface area contributed by atoms with E-state index < -0.39 is 5.60 Å². The van der Waals surface area contributed by atoms with Crippen LogP contribution < -0.4 is 5.32 Å². The molecule has 2 aliphatic rings. The fourth-order valence-corrected chi connectivity index (χ4v) is 2.66. The third-order valence-electron chi connectivity index (χ3n) is 4.06. The summed E-state index contributed by atoms with van der Waals surface area (Å²) in [7, 11) is 0. The van der Waals surface area contributed by atoms with Gasteiger partial charge in [0, 0.05) is 25.6 Å². The highest BCUT2D eigenvalue weighted by molar-refractivity contribution is 4.93. The van der Waals surface area contributed by atoms with Gasteiger partial charge in [-0.15, -0.1) is 0 Å². The number of aliphatic hydroxyl groups excluding tert-OH is 1. The molecule has 1 aliphatic heterocycles. The standard InChI is InChI=1S/C12H23NO3/c1-9-12(15,6-7-16-9)8-13-10-4-2-3-5-11(10)14/h9-11,13-15H,2-8H2,1H3. The first-order valence-electron chi connectivity index (χ1n) is 6.37. The van der Waals surface area contributed by atoms with Crippen LogP contribution in [0.25, 0.3) is 0 Å². The number of hydrogen-bond donors (Lipinski definition) is 3. The van der Waals surface area contributed by atoms with Crippen molar-refractivity contribution < 1.29 is 14.9 Å². The Bertz CT molecular complexity index is 236. The first kappa shape index (κ1) is 12.3. The molecule has 4 heteroatoms. The first-order chi connectivity index (χ1) is 7.62. The van der Waals surface area contributed by atoms with Crippen molar-refractivity contribution >= 4 is 0 Å². The average molecular weight is 229 g/mol. The molecule has 3 N–H and O–H groups in total. The highest BCUT2D eigenvalue weighted by atomic mass is 16.5. The normalized spacial score (nSPS) is 44.8. The lowest BCUT2D eigenvalue weighted by molar-refractivity contribution is -0.0323. The zero-order chi connectivity index (χ0) is 11.6. The maximum atomic E-state index is 10.3. The summed E-state index contributed by atoms with van der Waals surface area (Å²) >= 11 is 0. The van der Waals surface area contributed by atoms with E-state index in [-0.39, 0.29) is 18.2 Å². The quantitative estimate of drug-likeness (QED) is 0.656. The Morgan fingerprint density at radius 3 is 2.75 bits per heavy atom. The van der Waals surface area contributed by atoms with Crippen LogP contribution in [0.3, 0.4) is 0 Å². The van der Waals surface area contributed by atoms with E-state index in [1.807, 2.05) is 6.92 Å². The van der Waals surface area contributed by atoms with Crippen molar-refractivity contribution in [3.63, 3.8) is 0 Å². The van der Waals surface area contributed by atoms with Gasteiger partial charge in [0.05, 0.1) is 12.2 Å². The highest BCUT2D eigenvalue weighted by Gasteiger charge is 2.40. The van der Waals surface area contributed by atoms with Gasteiger partial charge in [-0.1, -0.05) is 12.8 Å². The van der Waals surface area contributed by atoms with E-state index >= 15 is 0 Å². The summed E-state index contributed by atoms with van der Waals surface area (Å²) in [6, 6.07) is 0.144. The largest absolute Gasteiger partial charge is 0.392 e. The van der Waals surface area contributed by atoms with E-state index in [1.54, 1.807) is 0 Å². The molecule has 1 heterocycles. The first-order valence-corrected chi connectivity index (χ1v) is 6.37. The predicted octanol–water partition coefficient (Wildman–Crippen LogP) is 0.419. The number of ether oxygens (including phenoxy) is 1. The minimum absolute atomic E-state index is 0.110. The molecule has 1 aliphatic carbocycles. The molecule has 4 nitrogen and oxygen atoms in total. The van der Waals surface area contributed by atoms with Gasteiger partial charge < -0.3 is 20.3 Å². The molecule has 1 saturated heterocycles. The second-order valence-electron chi connectivity index (χ2n) is 5.21. The summed E-state index contributed by atoms with van der Waals surface area (Å²) < 4.78 is 5.38. The summed E-state index contributed by atoms with van der Waals surface area (Å²) in [6.07, 6.45) is 4.48. The zero-order valence-corrected chi connectivity index (χ0v) is 9.98. The van der Waals surface area contributed by atoms with Crippen molar-refractivity contribution in [2.45, 2.75) is 62.9 Å². The molecule has 16 heavy (non-hydrogen) atoms. The molecule has 1 saturated carbocycles. The molecule has 94 valence electrons. The molecule has 0 aromatic carbocycles. The van der Waals surface area contributed by atoms with Gasteiger partial charge in [-0.3, -0.25) is 0 Å². The summed E-state index contributed by atoms with van der Waals surface area (Å²) in [4.78, 5) is 0. The number of aliphatic hydroxyl groups is 2. The lowest BCUT2D eigenvalue weighted by Crippen LogP contribution is -2.52. The molecule has 0 bridgehead atoms. The lowest BCUT2D eigenvalue weighted by atomic mass is 9.90. The lowest BCUT2D eigenvalue weighted by Gasteiger charge is -2.33. The Kier molecular flexibility index (Phi) is 3.85. The average Bonchev–Trinajstić information content (AvgIpc) is 2.59. The van der Waals surface area contributed by atoms with Gasteiger partial charge in [-0.25, -0.2) is 0 Å². The Morgan fingerprint density at radius 1 is 1.38 bits per heavy atom. The van der Waals surface area contributed by atoms with Crippen LogP contribution in [-0.4, -0.2) is 47.2 Å². The van der Waals surface area contributed by atoms with E-state index in [4.69, 9.17) is 4.74 Å². The van der Waals surface area contributed by atoms with Gasteiger partial charge in [0.1, 0.15) is 5.60 Å². The molecule has 2 fully saturated rings. The molecular weight excluding hydrogens is 206 g/mol. The van der Waals surface area contributed by atoms with Crippen molar-refractivity contribution in [3.05, 3.63) is 0 Å². The maximum absolute atomic E-state index is 10.3. The molecular formula is C12H23NO3. The molecule has 4 unspecified atom stereocenters. The van der Waals surface area contributed by atoms with Crippen LogP contribution in [0.2, 0.25) is 0 Å². The highest BCUT2D eigenvalue weighted by Crippen LogP contribution is 2.26. The number of hydrogen-bond acceptors (Lipinski definition) is 4. The second-order valence-corrected chi connectivity index (χ2v) is 5.21. The van der Waals surface area contributed by atoms with Crippen LogP contribution in [0.5, 0.6) is 0 Å². The Morgan fingerprint density at radius 2 is 2.12 bits per heavy atom. The minimum atomic E-state index is -0.753. The van der Waals surface area contributed by atoms with Crippen molar-refractivity contribution in [1.29, 1.82) is 0 Å². The summed E-state index contributed by atoms with van der Waals surface area (Å²) in [5, 5.41) is 23.4. The van der Waals surface area contributed by atoms with Crippen LogP contribution in [0.15, 0.2) is 0 Å². The predicted molar refractivity (Wildman–Crippen MR) is 61.2 cm³/mol. The minimum Gasteiger partial charge on any atom is -0.392 e. The number of rotatable bonds is 3. The van der Waals surface area contributed by atoms with Crippen LogP contribution in [0, 0.1) is 0 Å². The van der Waals surface area contributed by atoms with Crippen LogP contribution in [0.4, 0.5) is 0 Å². The van der Waals surface area contributed by atoms with Gasteiger partial charge in [0.25, 0.3) is 0 Å². The molecule has 0 spiro atoms. The molecule has 0 aromatic rings. The summed E-state index contributed by atoms with van der Waals surface area (Å²) in [6.45, 7) is 3.06. The smallest absolute Gasteiger partial charge is 0.105 e. The molecule has 0 amide bonds. The third kappa shape index (κ3) is 2.56. The van der Waals surface area contributed by atoms with Crippen molar-refractivity contribution in [3.8, 4) is 0 Å². The number of nitrogens with one attached hydrogen (secondary N) is 1. The van der Waals surface area contributed by atoms with Gasteiger partial charge in [0.15, 0.2) is 0 Å². The van der Waals surface area contributed by atoms with Crippen molar-refractivity contribution in [2.75, 3.05) is 13.2 Å². The van der Waals surface area contributed by atoms with Gasteiger partial charge >= 0.3 is 0 Å². The second kappa shape index (κ2) is 5.00. The fourth-order valence-electron chi connectivity index (χ4n) is 2.66. The Labute approximate surface area is 97.0 Å².